The fourth-order valence-corrected chi connectivity index (χ4v) is 3.58. The highest BCUT2D eigenvalue weighted by Crippen LogP contribution is 2.26. The van der Waals surface area contributed by atoms with Gasteiger partial charge < -0.3 is 23.6 Å². The Labute approximate surface area is 184 Å². The van der Waals surface area contributed by atoms with Crippen molar-refractivity contribution < 1.29 is 18.7 Å². The number of hydrogen-bond acceptors (Lipinski definition) is 5. The lowest BCUT2D eigenvalue weighted by Gasteiger charge is -2.08. The molecule has 0 aliphatic carbocycles. The van der Waals surface area contributed by atoms with E-state index in [1.54, 1.807) is 25.5 Å². The molecule has 0 aliphatic heterocycles. The van der Waals surface area contributed by atoms with Gasteiger partial charge in [-0.1, -0.05) is 12.1 Å². The van der Waals surface area contributed by atoms with Gasteiger partial charge in [-0.2, -0.15) is 0 Å². The number of nitrogens with zero attached hydrogens (tertiary/aromatic N) is 2. The van der Waals surface area contributed by atoms with E-state index < -0.39 is 0 Å². The van der Waals surface area contributed by atoms with Crippen molar-refractivity contribution in [2.24, 2.45) is 0 Å². The maximum Gasteiger partial charge on any atom is 0.228 e. The molecule has 0 aliphatic rings. The highest BCUT2D eigenvalue weighted by atomic mass is 16.5. The molecule has 160 valence electrons. The van der Waals surface area contributed by atoms with Crippen molar-refractivity contribution in [1.29, 1.82) is 0 Å². The van der Waals surface area contributed by atoms with Crippen molar-refractivity contribution >= 4 is 28.2 Å². The van der Waals surface area contributed by atoms with E-state index >= 15 is 0 Å². The number of amides is 1. The number of carbonyl (C=O) groups excluding carboxylic acids is 1. The van der Waals surface area contributed by atoms with Crippen molar-refractivity contribution in [3.63, 3.8) is 0 Å². The third-order valence-electron chi connectivity index (χ3n) is 5.13. The van der Waals surface area contributed by atoms with Crippen LogP contribution in [0, 0.1) is 0 Å². The maximum absolute atomic E-state index is 12.6. The van der Waals surface area contributed by atoms with Crippen LogP contribution >= 0.6 is 0 Å². The highest BCUT2D eigenvalue weighted by Gasteiger charge is 2.12. The van der Waals surface area contributed by atoms with Crippen LogP contribution in [0.5, 0.6) is 11.5 Å². The van der Waals surface area contributed by atoms with E-state index in [9.17, 15) is 4.79 Å². The highest BCUT2D eigenvalue weighted by molar-refractivity contribution is 5.95. The van der Waals surface area contributed by atoms with E-state index in [-0.39, 0.29) is 12.3 Å². The lowest BCUT2D eigenvalue weighted by atomic mass is 10.1. The largest absolute Gasteiger partial charge is 0.497 e. The summed E-state index contributed by atoms with van der Waals surface area (Å²) in [5.41, 5.74) is 3.87. The number of hydrogen-bond donors (Lipinski definition) is 1. The van der Waals surface area contributed by atoms with E-state index in [2.05, 4.69) is 10.3 Å². The molecule has 3 heterocycles. The van der Waals surface area contributed by atoms with Crippen LogP contribution in [0.4, 0.5) is 5.69 Å². The Balaban J connectivity index is 1.23. The number of methoxy groups -OCH3 is 1. The first-order chi connectivity index (χ1) is 15.7. The van der Waals surface area contributed by atoms with Gasteiger partial charge >= 0.3 is 0 Å². The molecule has 5 aromatic rings. The fraction of sp³-hybridized carbons (Fsp3) is 0.120. The summed E-state index contributed by atoms with van der Waals surface area (Å²) >= 11 is 0. The van der Waals surface area contributed by atoms with Gasteiger partial charge in [0.2, 0.25) is 5.91 Å². The molecule has 2 aromatic carbocycles. The molecule has 3 aromatic heterocycles. The first kappa shape index (κ1) is 19.7. The number of benzene rings is 2. The Morgan fingerprint density at radius 3 is 2.91 bits per heavy atom. The van der Waals surface area contributed by atoms with Gasteiger partial charge in [0.25, 0.3) is 0 Å². The average Bonchev–Trinajstić information content (AvgIpc) is 3.41. The quantitative estimate of drug-likeness (QED) is 0.402. The number of fused-ring (bicyclic) bond motifs is 2. The molecule has 0 spiro atoms. The van der Waals surface area contributed by atoms with Crippen LogP contribution in [0.2, 0.25) is 0 Å². The smallest absolute Gasteiger partial charge is 0.228 e. The summed E-state index contributed by atoms with van der Waals surface area (Å²) in [5.74, 6) is 1.23. The third-order valence-corrected chi connectivity index (χ3v) is 5.13. The summed E-state index contributed by atoms with van der Waals surface area (Å²) in [6.07, 6.45) is 5.69. The Hall–Kier alpha value is -4.26. The van der Waals surface area contributed by atoms with Crippen LogP contribution in [0.15, 0.2) is 83.7 Å². The number of ether oxygens (including phenoxy) is 2. The van der Waals surface area contributed by atoms with Gasteiger partial charge in [-0.15, -0.1) is 0 Å². The number of rotatable bonds is 7. The number of nitrogens with one attached hydrogen (secondary N) is 1. The van der Waals surface area contributed by atoms with Crippen molar-refractivity contribution in [2.75, 3.05) is 12.4 Å². The van der Waals surface area contributed by atoms with Gasteiger partial charge in [-0.3, -0.25) is 4.79 Å². The number of anilines is 1. The summed E-state index contributed by atoms with van der Waals surface area (Å²) < 4.78 is 18.6. The summed E-state index contributed by atoms with van der Waals surface area (Å²) in [4.78, 5) is 17.1. The van der Waals surface area contributed by atoms with Crippen molar-refractivity contribution in [3.8, 4) is 11.5 Å². The molecule has 7 heteroatoms. The first-order valence-electron chi connectivity index (χ1n) is 10.2. The van der Waals surface area contributed by atoms with E-state index in [4.69, 9.17) is 13.9 Å². The lowest BCUT2D eigenvalue weighted by molar-refractivity contribution is -0.115. The fourth-order valence-electron chi connectivity index (χ4n) is 3.58. The van der Waals surface area contributed by atoms with Gasteiger partial charge in [0.05, 0.1) is 25.5 Å². The van der Waals surface area contributed by atoms with E-state index in [1.807, 2.05) is 65.3 Å². The molecule has 0 saturated heterocycles. The minimum Gasteiger partial charge on any atom is -0.497 e. The molecule has 7 nitrogen and oxygen atoms in total. The van der Waals surface area contributed by atoms with Crippen LogP contribution in [0.1, 0.15) is 11.3 Å². The summed E-state index contributed by atoms with van der Waals surface area (Å²) in [6, 6.07) is 18.7. The molecular formula is C25H21N3O4. The minimum absolute atomic E-state index is 0.138. The summed E-state index contributed by atoms with van der Waals surface area (Å²) in [6.45, 7) is 0.337. The summed E-state index contributed by atoms with van der Waals surface area (Å²) in [5, 5.41) is 3.82. The maximum atomic E-state index is 12.6. The van der Waals surface area contributed by atoms with Crippen LogP contribution < -0.4 is 14.8 Å². The second-order valence-corrected chi connectivity index (χ2v) is 7.36. The van der Waals surface area contributed by atoms with Gasteiger partial charge in [0.15, 0.2) is 0 Å². The molecular weight excluding hydrogens is 406 g/mol. The molecule has 0 saturated carbocycles. The number of aromatic nitrogens is 2. The van der Waals surface area contributed by atoms with Crippen molar-refractivity contribution in [2.45, 2.75) is 13.0 Å². The molecule has 1 N–H and O–H groups in total. The normalized spacial score (nSPS) is 11.0. The molecule has 0 fully saturated rings. The average molecular weight is 427 g/mol. The molecule has 5 rings (SSSR count). The van der Waals surface area contributed by atoms with Crippen LogP contribution in [0.3, 0.4) is 0 Å². The number of furan rings is 1. The molecule has 0 unspecified atom stereocenters. The molecule has 0 atom stereocenters. The predicted octanol–water partition coefficient (Wildman–Crippen LogP) is 4.85. The van der Waals surface area contributed by atoms with Crippen LogP contribution in [-0.2, 0) is 17.8 Å². The Bertz CT molecular complexity index is 1370. The lowest BCUT2D eigenvalue weighted by Crippen LogP contribution is -2.14. The molecule has 32 heavy (non-hydrogen) atoms. The second kappa shape index (κ2) is 8.47. The van der Waals surface area contributed by atoms with Crippen LogP contribution in [0.25, 0.3) is 16.6 Å². The van der Waals surface area contributed by atoms with Gasteiger partial charge in [-0.05, 0) is 36.4 Å². The Kier molecular flexibility index (Phi) is 5.21. The monoisotopic (exact) mass is 427 g/mol. The minimum atomic E-state index is -0.138. The second-order valence-electron chi connectivity index (χ2n) is 7.36. The van der Waals surface area contributed by atoms with Crippen molar-refractivity contribution in [1.82, 2.24) is 9.38 Å². The predicted molar refractivity (Wildman–Crippen MR) is 121 cm³/mol. The van der Waals surface area contributed by atoms with Crippen LogP contribution in [-0.4, -0.2) is 22.4 Å². The zero-order valence-corrected chi connectivity index (χ0v) is 17.4. The van der Waals surface area contributed by atoms with Gasteiger partial charge in [0, 0.05) is 41.2 Å². The van der Waals surface area contributed by atoms with E-state index in [0.717, 1.165) is 22.3 Å². The van der Waals surface area contributed by atoms with E-state index in [1.165, 1.54) is 0 Å². The van der Waals surface area contributed by atoms with Gasteiger partial charge in [0.1, 0.15) is 29.3 Å². The topological polar surface area (TPSA) is 78.0 Å². The van der Waals surface area contributed by atoms with Crippen molar-refractivity contribution in [3.05, 3.63) is 90.6 Å². The molecule has 1 amide bonds. The van der Waals surface area contributed by atoms with Gasteiger partial charge in [-0.25, -0.2) is 4.98 Å². The number of imidazole rings is 1. The number of carbonyl (C=O) groups is 1. The molecule has 0 radical (unpaired) electrons. The zero-order valence-electron chi connectivity index (χ0n) is 17.4. The molecule has 0 bridgehead atoms. The Morgan fingerprint density at radius 1 is 1.09 bits per heavy atom. The standard InChI is InChI=1S/C25H21N3O4/c1-30-20-8-9-22-17(15-32-23(22)13-20)11-25(29)27-18-5-4-6-21(12-18)31-16-19-14-28-10-3-2-7-24(28)26-19/h2-10,12-15H,11,16H2,1H3,(H,27,29). The Morgan fingerprint density at radius 2 is 2.03 bits per heavy atom. The third kappa shape index (κ3) is 4.13. The SMILES string of the molecule is COc1ccc2c(CC(=O)Nc3cccc(OCc4cn5ccccc5n4)c3)coc2c1. The first-order valence-corrected chi connectivity index (χ1v) is 10.2. The number of pyridine rings is 1. The zero-order chi connectivity index (χ0) is 21.9. The van der Waals surface area contributed by atoms with E-state index in [0.29, 0.717) is 29.4 Å². The summed E-state index contributed by atoms with van der Waals surface area (Å²) in [7, 11) is 1.60.